The van der Waals surface area contributed by atoms with Crippen molar-refractivity contribution in [1.82, 2.24) is 5.32 Å². The Kier molecular flexibility index (Phi) is 11.9. The van der Waals surface area contributed by atoms with Crippen molar-refractivity contribution in [2.45, 2.75) is 64.7 Å². The molecule has 0 heterocycles. The van der Waals surface area contributed by atoms with E-state index in [1.807, 2.05) is 0 Å². The van der Waals surface area contributed by atoms with E-state index < -0.39 is 0 Å². The fourth-order valence-electron chi connectivity index (χ4n) is 2.19. The summed E-state index contributed by atoms with van der Waals surface area (Å²) in [6.07, 6.45) is 12.6. The average molecular weight is 257 g/mol. The molecule has 2 nitrogen and oxygen atoms in total. The van der Waals surface area contributed by atoms with Gasteiger partial charge in [-0.05, 0) is 13.0 Å². The molecule has 0 aromatic carbocycles. The predicted octanol–water partition coefficient (Wildman–Crippen LogP) is 3.81. The second kappa shape index (κ2) is 12.0. The molecule has 110 valence electrons. The lowest BCUT2D eigenvalue weighted by Crippen LogP contribution is -2.36. The van der Waals surface area contributed by atoms with Gasteiger partial charge in [-0.25, -0.2) is 0 Å². The third kappa shape index (κ3) is 15.9. The van der Waals surface area contributed by atoms with Crippen molar-refractivity contribution in [3.8, 4) is 0 Å². The van der Waals surface area contributed by atoms with Crippen molar-refractivity contribution in [2.24, 2.45) is 0 Å². The molecule has 0 unspecified atom stereocenters. The lowest BCUT2D eigenvalue weighted by molar-refractivity contribution is -0.870. The van der Waals surface area contributed by atoms with E-state index in [0.29, 0.717) is 0 Å². The Balaban J connectivity index is 2.99. The molecule has 0 aromatic heterocycles. The smallest absolute Gasteiger partial charge is 0.0792 e. The van der Waals surface area contributed by atoms with Gasteiger partial charge in [-0.15, -0.1) is 0 Å². The molecule has 1 N–H and O–H groups in total. The number of hydrogen-bond donors (Lipinski definition) is 1. The van der Waals surface area contributed by atoms with E-state index >= 15 is 0 Å². The molecule has 0 rings (SSSR count). The summed E-state index contributed by atoms with van der Waals surface area (Å²) in [6.45, 7) is 5.95. The van der Waals surface area contributed by atoms with Crippen LogP contribution in [0.15, 0.2) is 0 Å². The molecule has 0 fully saturated rings. The van der Waals surface area contributed by atoms with Gasteiger partial charge in [0, 0.05) is 13.0 Å². The van der Waals surface area contributed by atoms with Crippen LogP contribution in [-0.2, 0) is 0 Å². The number of hydrogen-bond acceptors (Lipinski definition) is 1. The van der Waals surface area contributed by atoms with Crippen molar-refractivity contribution in [1.29, 1.82) is 0 Å². The van der Waals surface area contributed by atoms with Gasteiger partial charge in [-0.3, -0.25) is 0 Å². The molecular formula is C16H37N2+. The molecule has 2 heteroatoms. The molecular weight excluding hydrogens is 220 g/mol. The van der Waals surface area contributed by atoms with Gasteiger partial charge in [0.2, 0.25) is 0 Å². The summed E-state index contributed by atoms with van der Waals surface area (Å²) in [6, 6.07) is 0. The maximum absolute atomic E-state index is 3.56. The topological polar surface area (TPSA) is 12.0 Å². The molecule has 18 heavy (non-hydrogen) atoms. The second-order valence-electron chi connectivity index (χ2n) is 6.59. The van der Waals surface area contributed by atoms with Crippen LogP contribution in [-0.4, -0.2) is 45.3 Å². The first-order valence-electron chi connectivity index (χ1n) is 8.07. The zero-order chi connectivity index (χ0) is 13.7. The van der Waals surface area contributed by atoms with Crippen LogP contribution in [0.4, 0.5) is 0 Å². The minimum Gasteiger partial charge on any atom is -0.331 e. The molecule has 0 radical (unpaired) electrons. The normalized spacial score (nSPS) is 12.0. The molecule has 0 aliphatic heterocycles. The van der Waals surface area contributed by atoms with E-state index in [1.165, 1.54) is 77.4 Å². The van der Waals surface area contributed by atoms with E-state index in [0.717, 1.165) is 4.48 Å². The van der Waals surface area contributed by atoms with Crippen LogP contribution < -0.4 is 5.32 Å². The first-order valence-corrected chi connectivity index (χ1v) is 8.07. The van der Waals surface area contributed by atoms with Crippen LogP contribution in [0.5, 0.6) is 0 Å². The number of nitrogens with one attached hydrogen (secondary N) is 1. The Labute approximate surface area is 116 Å². The molecule has 0 spiro atoms. The Morgan fingerprint density at radius 3 is 1.72 bits per heavy atom. The zero-order valence-electron chi connectivity index (χ0n) is 13.4. The van der Waals surface area contributed by atoms with Crippen molar-refractivity contribution >= 4 is 0 Å². The third-order valence-electron chi connectivity index (χ3n) is 3.39. The van der Waals surface area contributed by atoms with Gasteiger partial charge in [0.25, 0.3) is 0 Å². The minimum atomic E-state index is 1.08. The molecule has 0 amide bonds. The summed E-state index contributed by atoms with van der Waals surface area (Å²) in [5.41, 5.74) is 0. The summed E-state index contributed by atoms with van der Waals surface area (Å²) in [7, 11) is 6.79. The Morgan fingerprint density at radius 1 is 0.667 bits per heavy atom. The highest BCUT2D eigenvalue weighted by Gasteiger charge is 2.04. The highest BCUT2D eigenvalue weighted by molar-refractivity contribution is 4.50. The minimum absolute atomic E-state index is 1.08. The molecule has 0 saturated heterocycles. The van der Waals surface area contributed by atoms with Crippen LogP contribution in [0.25, 0.3) is 0 Å². The standard InChI is InChI=1S/C16H37N2/c1-5-6-7-8-9-10-11-12-14-17-15-13-16-18(2,3)4/h17H,5-16H2,1-4H3/q+1. The highest BCUT2D eigenvalue weighted by Crippen LogP contribution is 2.07. The molecule has 0 bridgehead atoms. The summed E-state index contributed by atoms with van der Waals surface area (Å²) in [4.78, 5) is 0. The zero-order valence-corrected chi connectivity index (χ0v) is 13.4. The lowest BCUT2D eigenvalue weighted by Gasteiger charge is -2.23. The van der Waals surface area contributed by atoms with Gasteiger partial charge in [0.05, 0.1) is 27.7 Å². The van der Waals surface area contributed by atoms with E-state index in [1.54, 1.807) is 0 Å². The summed E-state index contributed by atoms with van der Waals surface area (Å²) < 4.78 is 1.08. The average Bonchev–Trinajstić information content (AvgIpc) is 2.29. The van der Waals surface area contributed by atoms with Crippen LogP contribution in [0.3, 0.4) is 0 Å². The van der Waals surface area contributed by atoms with E-state index in [4.69, 9.17) is 0 Å². The molecule has 0 aromatic rings. The maximum atomic E-state index is 3.56. The predicted molar refractivity (Wildman–Crippen MR) is 83.0 cm³/mol. The van der Waals surface area contributed by atoms with Crippen LogP contribution in [0, 0.1) is 0 Å². The molecule has 0 saturated carbocycles. The fourth-order valence-corrected chi connectivity index (χ4v) is 2.19. The van der Waals surface area contributed by atoms with Crippen molar-refractivity contribution < 1.29 is 4.48 Å². The Bertz CT molecular complexity index is 161. The molecule has 0 atom stereocenters. The number of nitrogens with zero attached hydrogens (tertiary/aromatic N) is 1. The Morgan fingerprint density at radius 2 is 1.17 bits per heavy atom. The monoisotopic (exact) mass is 257 g/mol. The summed E-state index contributed by atoms with van der Waals surface area (Å²) in [5, 5.41) is 3.56. The van der Waals surface area contributed by atoms with Crippen LogP contribution in [0.1, 0.15) is 64.7 Å². The summed E-state index contributed by atoms with van der Waals surface area (Å²) >= 11 is 0. The van der Waals surface area contributed by atoms with E-state index in [2.05, 4.69) is 33.4 Å². The largest absolute Gasteiger partial charge is 0.331 e. The van der Waals surface area contributed by atoms with Gasteiger partial charge in [-0.1, -0.05) is 51.9 Å². The van der Waals surface area contributed by atoms with Crippen LogP contribution in [0.2, 0.25) is 0 Å². The van der Waals surface area contributed by atoms with Crippen LogP contribution >= 0.6 is 0 Å². The first-order chi connectivity index (χ1) is 8.56. The third-order valence-corrected chi connectivity index (χ3v) is 3.39. The maximum Gasteiger partial charge on any atom is 0.0792 e. The highest BCUT2D eigenvalue weighted by atomic mass is 15.3. The number of rotatable bonds is 13. The van der Waals surface area contributed by atoms with Gasteiger partial charge in [-0.2, -0.15) is 0 Å². The van der Waals surface area contributed by atoms with Gasteiger partial charge < -0.3 is 9.80 Å². The number of quaternary nitrogens is 1. The molecule has 0 aliphatic carbocycles. The van der Waals surface area contributed by atoms with E-state index in [9.17, 15) is 0 Å². The van der Waals surface area contributed by atoms with Crippen molar-refractivity contribution in [3.63, 3.8) is 0 Å². The fraction of sp³-hybridized carbons (Fsp3) is 1.00. The van der Waals surface area contributed by atoms with Gasteiger partial charge in [0.15, 0.2) is 0 Å². The number of unbranched alkanes of at least 4 members (excludes halogenated alkanes) is 7. The second-order valence-corrected chi connectivity index (χ2v) is 6.59. The SMILES string of the molecule is CCCCCCCCCCNCCC[N+](C)(C)C. The molecule has 0 aliphatic rings. The first kappa shape index (κ1) is 17.9. The van der Waals surface area contributed by atoms with Gasteiger partial charge >= 0.3 is 0 Å². The van der Waals surface area contributed by atoms with Gasteiger partial charge in [0.1, 0.15) is 0 Å². The quantitative estimate of drug-likeness (QED) is 0.391. The van der Waals surface area contributed by atoms with E-state index in [-0.39, 0.29) is 0 Å². The van der Waals surface area contributed by atoms with Crippen molar-refractivity contribution in [2.75, 3.05) is 40.8 Å². The lowest BCUT2D eigenvalue weighted by atomic mass is 10.1. The van der Waals surface area contributed by atoms with Crippen molar-refractivity contribution in [3.05, 3.63) is 0 Å². The Hall–Kier alpha value is -0.0800. The summed E-state index contributed by atoms with van der Waals surface area (Å²) in [5.74, 6) is 0.